The summed E-state index contributed by atoms with van der Waals surface area (Å²) in [6.45, 7) is 1.67. The van der Waals surface area contributed by atoms with Gasteiger partial charge in [0, 0.05) is 12.8 Å². The van der Waals surface area contributed by atoms with Crippen LogP contribution in [0.4, 0.5) is 5.69 Å². The molecule has 1 aliphatic heterocycles. The molecule has 1 aromatic rings. The van der Waals surface area contributed by atoms with Crippen LogP contribution in [0.3, 0.4) is 0 Å². The lowest BCUT2D eigenvalue weighted by molar-refractivity contribution is -0.121. The highest BCUT2D eigenvalue weighted by Gasteiger charge is 2.29. The number of amides is 2. The average molecular weight is 232 g/mol. The average Bonchev–Trinajstić information content (AvgIpc) is 2.68. The smallest absolute Gasteiger partial charge is 0.234 e. The second-order valence-corrected chi connectivity index (χ2v) is 3.86. The van der Waals surface area contributed by atoms with E-state index in [-0.39, 0.29) is 24.7 Å². The zero-order valence-electron chi connectivity index (χ0n) is 9.38. The number of nitrogens with zero attached hydrogens (tertiary/aromatic N) is 2. The van der Waals surface area contributed by atoms with E-state index >= 15 is 0 Å². The summed E-state index contributed by atoms with van der Waals surface area (Å²) >= 11 is 0. The minimum atomic E-state index is -0.171. The van der Waals surface area contributed by atoms with Gasteiger partial charge in [-0.1, -0.05) is 17.3 Å². The molecule has 5 heteroatoms. The summed E-state index contributed by atoms with van der Waals surface area (Å²) < 4.78 is 0. The number of hydrogen-bond acceptors (Lipinski definition) is 4. The topological polar surface area (TPSA) is 70.0 Å². The second-order valence-electron chi connectivity index (χ2n) is 3.86. The molecule has 0 unspecified atom stereocenters. The molecule has 1 heterocycles. The quantitative estimate of drug-likeness (QED) is 0.364. The van der Waals surface area contributed by atoms with Crippen molar-refractivity contribution in [2.24, 2.45) is 5.16 Å². The monoisotopic (exact) mass is 232 g/mol. The Balaban J connectivity index is 2.29. The highest BCUT2D eigenvalue weighted by Crippen LogP contribution is 2.22. The Hall–Kier alpha value is -2.17. The van der Waals surface area contributed by atoms with E-state index in [0.29, 0.717) is 11.4 Å². The van der Waals surface area contributed by atoms with Gasteiger partial charge in [-0.2, -0.15) is 0 Å². The lowest BCUT2D eigenvalue weighted by Gasteiger charge is -2.13. The summed E-state index contributed by atoms with van der Waals surface area (Å²) in [7, 11) is 0. The third-order valence-electron chi connectivity index (χ3n) is 2.74. The van der Waals surface area contributed by atoms with Crippen LogP contribution < -0.4 is 4.90 Å². The largest absolute Gasteiger partial charge is 0.411 e. The molecule has 0 bridgehead atoms. The molecule has 2 rings (SSSR count). The van der Waals surface area contributed by atoms with Gasteiger partial charge in [0.15, 0.2) is 0 Å². The van der Waals surface area contributed by atoms with Crippen LogP contribution in [-0.4, -0.2) is 22.7 Å². The Morgan fingerprint density at radius 1 is 1.18 bits per heavy atom. The molecule has 88 valence electrons. The first-order valence-corrected chi connectivity index (χ1v) is 5.28. The van der Waals surface area contributed by atoms with E-state index in [1.54, 1.807) is 31.2 Å². The van der Waals surface area contributed by atoms with Crippen molar-refractivity contribution in [3.8, 4) is 0 Å². The van der Waals surface area contributed by atoms with Crippen molar-refractivity contribution in [2.75, 3.05) is 4.90 Å². The zero-order chi connectivity index (χ0) is 12.4. The van der Waals surface area contributed by atoms with Gasteiger partial charge in [0.1, 0.15) is 0 Å². The summed E-state index contributed by atoms with van der Waals surface area (Å²) in [4.78, 5) is 24.2. The van der Waals surface area contributed by atoms with E-state index in [2.05, 4.69) is 5.16 Å². The maximum Gasteiger partial charge on any atom is 0.234 e. The molecule has 1 saturated heterocycles. The molecule has 0 aromatic heterocycles. The molecule has 17 heavy (non-hydrogen) atoms. The molecule has 5 nitrogen and oxygen atoms in total. The van der Waals surface area contributed by atoms with Crippen LogP contribution in [0, 0.1) is 0 Å². The van der Waals surface area contributed by atoms with Gasteiger partial charge in [0.05, 0.1) is 11.4 Å². The van der Waals surface area contributed by atoms with Gasteiger partial charge in [-0.25, -0.2) is 0 Å². The SMILES string of the molecule is C/C(=N/O)c1ccc(N2C(=O)CCC2=O)cc1. The predicted octanol–water partition coefficient (Wildman–Crippen LogP) is 1.54. The fourth-order valence-electron chi connectivity index (χ4n) is 1.77. The summed E-state index contributed by atoms with van der Waals surface area (Å²) in [6, 6.07) is 6.77. The van der Waals surface area contributed by atoms with Crippen molar-refractivity contribution in [3.63, 3.8) is 0 Å². The number of imide groups is 1. The van der Waals surface area contributed by atoms with Gasteiger partial charge < -0.3 is 5.21 Å². The molecule has 2 amide bonds. The van der Waals surface area contributed by atoms with Crippen LogP contribution in [0.15, 0.2) is 29.4 Å². The van der Waals surface area contributed by atoms with Gasteiger partial charge in [-0.15, -0.1) is 0 Å². The number of rotatable bonds is 2. The molecular weight excluding hydrogens is 220 g/mol. The maximum atomic E-state index is 11.5. The normalized spacial score (nSPS) is 16.8. The number of anilines is 1. The van der Waals surface area contributed by atoms with Crippen molar-refractivity contribution < 1.29 is 14.8 Å². The van der Waals surface area contributed by atoms with E-state index in [9.17, 15) is 9.59 Å². The van der Waals surface area contributed by atoms with Gasteiger partial charge in [0.25, 0.3) is 0 Å². The Kier molecular flexibility index (Phi) is 2.91. The van der Waals surface area contributed by atoms with Crippen LogP contribution >= 0.6 is 0 Å². The third-order valence-corrected chi connectivity index (χ3v) is 2.74. The number of oxime groups is 1. The van der Waals surface area contributed by atoms with Crippen molar-refractivity contribution in [1.29, 1.82) is 0 Å². The van der Waals surface area contributed by atoms with Crippen molar-refractivity contribution >= 4 is 23.2 Å². The number of carbonyl (C=O) groups is 2. The van der Waals surface area contributed by atoms with Crippen molar-refractivity contribution in [3.05, 3.63) is 29.8 Å². The van der Waals surface area contributed by atoms with Crippen LogP contribution in [-0.2, 0) is 9.59 Å². The van der Waals surface area contributed by atoms with Gasteiger partial charge >= 0.3 is 0 Å². The third kappa shape index (κ3) is 2.04. The van der Waals surface area contributed by atoms with E-state index in [1.807, 2.05) is 0 Å². The first-order chi connectivity index (χ1) is 8.13. The van der Waals surface area contributed by atoms with Crippen LogP contribution in [0.1, 0.15) is 25.3 Å². The molecule has 1 aliphatic rings. The molecule has 1 aromatic carbocycles. The van der Waals surface area contributed by atoms with Crippen molar-refractivity contribution in [1.82, 2.24) is 0 Å². The molecular formula is C12H12N2O3. The Morgan fingerprint density at radius 2 is 1.71 bits per heavy atom. The van der Waals surface area contributed by atoms with Crippen LogP contribution in [0.2, 0.25) is 0 Å². The molecule has 0 aliphatic carbocycles. The zero-order valence-corrected chi connectivity index (χ0v) is 9.38. The first-order valence-electron chi connectivity index (χ1n) is 5.28. The molecule has 0 radical (unpaired) electrons. The Labute approximate surface area is 98.3 Å². The first kappa shape index (κ1) is 11.3. The highest BCUT2D eigenvalue weighted by molar-refractivity contribution is 6.19. The molecule has 0 atom stereocenters. The Morgan fingerprint density at radius 3 is 2.18 bits per heavy atom. The van der Waals surface area contributed by atoms with E-state index < -0.39 is 0 Å². The summed E-state index contributed by atoms with van der Waals surface area (Å²) in [5.74, 6) is -0.342. The van der Waals surface area contributed by atoms with Gasteiger partial charge in [0.2, 0.25) is 11.8 Å². The predicted molar refractivity (Wildman–Crippen MR) is 62.2 cm³/mol. The molecule has 0 saturated carbocycles. The number of hydrogen-bond donors (Lipinski definition) is 1. The molecule has 1 N–H and O–H groups in total. The van der Waals surface area contributed by atoms with Gasteiger partial charge in [-0.3, -0.25) is 14.5 Å². The second kappa shape index (κ2) is 4.37. The van der Waals surface area contributed by atoms with Crippen LogP contribution in [0.25, 0.3) is 0 Å². The highest BCUT2D eigenvalue weighted by atomic mass is 16.4. The number of benzene rings is 1. The fourth-order valence-corrected chi connectivity index (χ4v) is 1.77. The number of carbonyl (C=O) groups excluding carboxylic acids is 2. The standard InChI is InChI=1S/C12H12N2O3/c1-8(13-17)9-2-4-10(5-3-9)14-11(15)6-7-12(14)16/h2-5,17H,6-7H2,1H3/b13-8-. The van der Waals surface area contributed by atoms with E-state index in [1.165, 1.54) is 4.90 Å². The lowest BCUT2D eigenvalue weighted by Crippen LogP contribution is -2.28. The van der Waals surface area contributed by atoms with E-state index in [4.69, 9.17) is 5.21 Å². The minimum Gasteiger partial charge on any atom is -0.411 e. The van der Waals surface area contributed by atoms with Crippen LogP contribution in [0.5, 0.6) is 0 Å². The lowest BCUT2D eigenvalue weighted by atomic mass is 10.1. The maximum absolute atomic E-state index is 11.5. The molecule has 0 spiro atoms. The summed E-state index contributed by atoms with van der Waals surface area (Å²) in [5, 5.41) is 11.7. The molecule has 1 fully saturated rings. The van der Waals surface area contributed by atoms with Crippen molar-refractivity contribution in [2.45, 2.75) is 19.8 Å². The fraction of sp³-hybridized carbons (Fsp3) is 0.250. The Bertz CT molecular complexity index is 475. The summed E-state index contributed by atoms with van der Waals surface area (Å²) in [6.07, 6.45) is 0.551. The minimum absolute atomic E-state index is 0.171. The van der Waals surface area contributed by atoms with Gasteiger partial charge in [-0.05, 0) is 24.6 Å². The van der Waals surface area contributed by atoms with E-state index in [0.717, 1.165) is 5.56 Å². The summed E-state index contributed by atoms with van der Waals surface area (Å²) in [5.41, 5.74) is 1.79.